The van der Waals surface area contributed by atoms with Gasteiger partial charge in [0.15, 0.2) is 5.82 Å². The zero-order valence-corrected chi connectivity index (χ0v) is 11.8. The van der Waals surface area contributed by atoms with Gasteiger partial charge in [-0.3, -0.25) is 9.67 Å². The van der Waals surface area contributed by atoms with Crippen molar-refractivity contribution in [3.05, 3.63) is 48.2 Å². The second kappa shape index (κ2) is 4.31. The van der Waals surface area contributed by atoms with E-state index < -0.39 is 0 Å². The van der Waals surface area contributed by atoms with Crippen LogP contribution in [0.5, 0.6) is 0 Å². The SMILES string of the molecule is Cc1c(-n2ccnc2-c2ccn[nH]2)cc2[nH]cnc2c1C. The second-order valence-corrected chi connectivity index (χ2v) is 5.04. The number of fused-ring (bicyclic) bond motifs is 1. The van der Waals surface area contributed by atoms with Gasteiger partial charge >= 0.3 is 0 Å². The lowest BCUT2D eigenvalue weighted by atomic mass is 10.1. The quantitative estimate of drug-likeness (QED) is 0.592. The van der Waals surface area contributed by atoms with Crippen LogP contribution >= 0.6 is 0 Å². The number of aryl methyl sites for hydroxylation is 1. The number of imidazole rings is 2. The Morgan fingerprint density at radius 3 is 2.81 bits per heavy atom. The molecule has 0 unspecified atom stereocenters. The van der Waals surface area contributed by atoms with Crippen molar-refractivity contribution in [2.24, 2.45) is 0 Å². The van der Waals surface area contributed by atoms with E-state index in [4.69, 9.17) is 0 Å². The van der Waals surface area contributed by atoms with Crippen molar-refractivity contribution in [3.8, 4) is 17.2 Å². The lowest BCUT2D eigenvalue weighted by Crippen LogP contribution is -2.01. The molecule has 0 bridgehead atoms. The Kier molecular flexibility index (Phi) is 2.44. The van der Waals surface area contributed by atoms with Crippen LogP contribution in [0.15, 0.2) is 37.1 Å². The van der Waals surface area contributed by atoms with Crippen LogP contribution in [0.2, 0.25) is 0 Å². The maximum atomic E-state index is 4.44. The monoisotopic (exact) mass is 278 g/mol. The molecule has 0 aliphatic rings. The number of benzene rings is 1. The molecule has 4 rings (SSSR count). The standard InChI is InChI=1S/C15H14N6/c1-9-10(2)14-12(17-8-18-14)7-13(9)21-6-5-16-15(21)11-3-4-19-20-11/h3-8H,1-2H3,(H,17,18)(H,19,20). The smallest absolute Gasteiger partial charge is 0.162 e. The Balaban J connectivity index is 1.99. The highest BCUT2D eigenvalue weighted by molar-refractivity contribution is 5.83. The first-order valence-electron chi connectivity index (χ1n) is 6.72. The number of H-pyrrole nitrogens is 2. The molecule has 3 heterocycles. The summed E-state index contributed by atoms with van der Waals surface area (Å²) in [5.41, 5.74) is 6.38. The van der Waals surface area contributed by atoms with Crippen molar-refractivity contribution in [1.29, 1.82) is 0 Å². The number of hydrogen-bond donors (Lipinski definition) is 2. The fourth-order valence-electron chi connectivity index (χ4n) is 2.66. The van der Waals surface area contributed by atoms with Gasteiger partial charge in [0.2, 0.25) is 0 Å². The second-order valence-electron chi connectivity index (χ2n) is 5.04. The highest BCUT2D eigenvalue weighted by Gasteiger charge is 2.14. The summed E-state index contributed by atoms with van der Waals surface area (Å²) in [6.07, 6.45) is 7.21. The van der Waals surface area contributed by atoms with Gasteiger partial charge < -0.3 is 4.98 Å². The van der Waals surface area contributed by atoms with Gasteiger partial charge in [-0.1, -0.05) is 0 Å². The average molecular weight is 278 g/mol. The molecule has 2 N–H and O–H groups in total. The fourth-order valence-corrected chi connectivity index (χ4v) is 2.66. The topological polar surface area (TPSA) is 75.2 Å². The predicted octanol–water partition coefficient (Wildman–Crippen LogP) is 2.76. The molecule has 6 heteroatoms. The summed E-state index contributed by atoms with van der Waals surface area (Å²) >= 11 is 0. The van der Waals surface area contributed by atoms with Gasteiger partial charge in [-0.15, -0.1) is 0 Å². The molecule has 0 aliphatic carbocycles. The predicted molar refractivity (Wildman–Crippen MR) is 80.3 cm³/mol. The van der Waals surface area contributed by atoms with Gasteiger partial charge in [0.1, 0.15) is 5.69 Å². The minimum Gasteiger partial charge on any atom is -0.345 e. The van der Waals surface area contributed by atoms with Gasteiger partial charge in [0.05, 0.1) is 23.0 Å². The van der Waals surface area contributed by atoms with Gasteiger partial charge in [-0.25, -0.2) is 9.97 Å². The van der Waals surface area contributed by atoms with Crippen molar-refractivity contribution >= 4 is 11.0 Å². The van der Waals surface area contributed by atoms with Crippen molar-refractivity contribution < 1.29 is 0 Å². The highest BCUT2D eigenvalue weighted by atomic mass is 15.2. The summed E-state index contributed by atoms with van der Waals surface area (Å²) in [6, 6.07) is 4.02. The van der Waals surface area contributed by atoms with E-state index in [-0.39, 0.29) is 0 Å². The van der Waals surface area contributed by atoms with Crippen molar-refractivity contribution in [1.82, 2.24) is 29.7 Å². The van der Waals surface area contributed by atoms with E-state index in [9.17, 15) is 0 Å². The first-order valence-corrected chi connectivity index (χ1v) is 6.72. The van der Waals surface area contributed by atoms with Gasteiger partial charge in [-0.2, -0.15) is 5.10 Å². The van der Waals surface area contributed by atoms with Crippen LogP contribution in [-0.4, -0.2) is 29.7 Å². The van der Waals surface area contributed by atoms with Crippen molar-refractivity contribution in [3.63, 3.8) is 0 Å². The fraction of sp³-hybridized carbons (Fsp3) is 0.133. The number of aromatic nitrogens is 6. The molecule has 104 valence electrons. The Morgan fingerprint density at radius 2 is 2.00 bits per heavy atom. The van der Waals surface area contributed by atoms with Gasteiger partial charge in [-0.05, 0) is 37.1 Å². The van der Waals surface area contributed by atoms with Crippen LogP contribution in [0.1, 0.15) is 11.1 Å². The highest BCUT2D eigenvalue weighted by Crippen LogP contribution is 2.28. The van der Waals surface area contributed by atoms with E-state index in [1.807, 2.05) is 12.3 Å². The molecule has 3 aromatic heterocycles. The molecular weight excluding hydrogens is 264 g/mol. The van der Waals surface area contributed by atoms with Crippen LogP contribution in [0, 0.1) is 13.8 Å². The minimum atomic E-state index is 0.842. The number of nitrogens with one attached hydrogen (secondary N) is 2. The van der Waals surface area contributed by atoms with Crippen LogP contribution in [0.25, 0.3) is 28.2 Å². The van der Waals surface area contributed by atoms with E-state index in [0.717, 1.165) is 28.2 Å². The largest absolute Gasteiger partial charge is 0.345 e. The first-order chi connectivity index (χ1) is 10.3. The summed E-state index contributed by atoms with van der Waals surface area (Å²) < 4.78 is 2.07. The molecule has 0 spiro atoms. The number of hydrogen-bond acceptors (Lipinski definition) is 3. The first kappa shape index (κ1) is 11.9. The van der Waals surface area contributed by atoms with E-state index in [1.54, 1.807) is 18.7 Å². The summed E-state index contributed by atoms with van der Waals surface area (Å²) in [4.78, 5) is 12.0. The summed E-state index contributed by atoms with van der Waals surface area (Å²) in [7, 11) is 0. The number of aromatic amines is 2. The average Bonchev–Trinajstić information content (AvgIpc) is 3.21. The Hall–Kier alpha value is -2.89. The molecule has 0 fully saturated rings. The van der Waals surface area contributed by atoms with Crippen LogP contribution in [0.4, 0.5) is 0 Å². The zero-order chi connectivity index (χ0) is 14.4. The Bertz CT molecular complexity index is 913. The lowest BCUT2D eigenvalue weighted by Gasteiger charge is -2.12. The van der Waals surface area contributed by atoms with Crippen LogP contribution < -0.4 is 0 Å². The molecule has 0 saturated heterocycles. The van der Waals surface area contributed by atoms with E-state index in [1.165, 1.54) is 11.1 Å². The zero-order valence-electron chi connectivity index (χ0n) is 11.8. The summed E-state index contributed by atoms with van der Waals surface area (Å²) in [5, 5.41) is 6.96. The van der Waals surface area contributed by atoms with Crippen molar-refractivity contribution in [2.75, 3.05) is 0 Å². The third-order valence-electron chi connectivity index (χ3n) is 3.89. The Morgan fingerprint density at radius 1 is 1.10 bits per heavy atom. The number of nitrogens with zero attached hydrogens (tertiary/aromatic N) is 4. The Labute approximate surface area is 120 Å². The maximum Gasteiger partial charge on any atom is 0.162 e. The third kappa shape index (κ3) is 1.69. The maximum absolute atomic E-state index is 4.44. The molecule has 4 aromatic rings. The third-order valence-corrected chi connectivity index (χ3v) is 3.89. The molecule has 0 aliphatic heterocycles. The minimum absolute atomic E-state index is 0.842. The molecule has 1 aromatic carbocycles. The summed E-state index contributed by atoms with van der Waals surface area (Å²) in [5.74, 6) is 0.842. The van der Waals surface area contributed by atoms with Crippen LogP contribution in [-0.2, 0) is 0 Å². The van der Waals surface area contributed by atoms with Gasteiger partial charge in [0, 0.05) is 18.6 Å². The molecule has 0 amide bonds. The molecular formula is C15H14N6. The van der Waals surface area contributed by atoms with E-state index in [2.05, 4.69) is 49.6 Å². The number of rotatable bonds is 2. The van der Waals surface area contributed by atoms with Crippen LogP contribution in [0.3, 0.4) is 0 Å². The molecule has 0 atom stereocenters. The molecule has 0 radical (unpaired) electrons. The molecule has 0 saturated carbocycles. The van der Waals surface area contributed by atoms with E-state index >= 15 is 0 Å². The lowest BCUT2D eigenvalue weighted by molar-refractivity contribution is 1.01. The summed E-state index contributed by atoms with van der Waals surface area (Å²) in [6.45, 7) is 4.20. The van der Waals surface area contributed by atoms with Gasteiger partial charge in [0.25, 0.3) is 0 Å². The molecule has 6 nitrogen and oxygen atoms in total. The van der Waals surface area contributed by atoms with E-state index in [0.29, 0.717) is 0 Å². The van der Waals surface area contributed by atoms with Crippen molar-refractivity contribution in [2.45, 2.75) is 13.8 Å². The normalized spacial score (nSPS) is 11.3. The molecule has 21 heavy (non-hydrogen) atoms.